The highest BCUT2D eigenvalue weighted by Gasteiger charge is 2.37. The van der Waals surface area contributed by atoms with E-state index in [1.54, 1.807) is 12.1 Å². The Kier molecular flexibility index (Phi) is 4.02. The van der Waals surface area contributed by atoms with Gasteiger partial charge in [-0.25, -0.2) is 4.39 Å². The molecule has 0 N–H and O–H groups in total. The molecule has 104 valence electrons. The summed E-state index contributed by atoms with van der Waals surface area (Å²) in [5.74, 6) is -0.618. The number of Topliss-reactive ketones (excluding diaryl/α,β-unsaturated/α-hetero) is 1. The second kappa shape index (κ2) is 5.39. The third-order valence-corrected chi connectivity index (χ3v) is 3.72. The van der Waals surface area contributed by atoms with Crippen molar-refractivity contribution >= 4 is 5.78 Å². The van der Waals surface area contributed by atoms with Gasteiger partial charge in [-0.2, -0.15) is 0 Å². The van der Waals surface area contributed by atoms with E-state index in [-0.39, 0.29) is 11.3 Å². The first-order valence-electron chi connectivity index (χ1n) is 6.56. The Morgan fingerprint density at radius 2 is 1.95 bits per heavy atom. The van der Waals surface area contributed by atoms with Crippen LogP contribution in [-0.4, -0.2) is 42.5 Å². The Bertz CT molecular complexity index is 479. The van der Waals surface area contributed by atoms with Crippen molar-refractivity contribution in [3.8, 4) is 0 Å². The lowest BCUT2D eigenvalue weighted by atomic mass is 9.90. The van der Waals surface area contributed by atoms with Crippen LogP contribution in [0.15, 0.2) is 18.2 Å². The van der Waals surface area contributed by atoms with Crippen molar-refractivity contribution in [1.82, 2.24) is 4.90 Å². The molecule has 0 aromatic heterocycles. The molecule has 0 amide bonds. The van der Waals surface area contributed by atoms with E-state index < -0.39 is 11.4 Å². The van der Waals surface area contributed by atoms with Crippen molar-refractivity contribution in [2.24, 2.45) is 0 Å². The SMILES string of the molecule is Cc1ccc(F)c(C(=O)C(C)(C)N2CCOCC2)c1. The molecule has 0 aliphatic carbocycles. The fourth-order valence-electron chi connectivity index (χ4n) is 2.41. The predicted octanol–water partition coefficient (Wildman–Crippen LogP) is 2.43. The minimum absolute atomic E-state index is 0.171. The monoisotopic (exact) mass is 265 g/mol. The summed E-state index contributed by atoms with van der Waals surface area (Å²) >= 11 is 0. The first kappa shape index (κ1) is 14.2. The average molecular weight is 265 g/mol. The molecule has 3 nitrogen and oxygen atoms in total. The molecule has 1 aromatic rings. The molecule has 4 heteroatoms. The number of ether oxygens (including phenoxy) is 1. The van der Waals surface area contributed by atoms with Gasteiger partial charge in [0.05, 0.1) is 24.3 Å². The lowest BCUT2D eigenvalue weighted by Crippen LogP contribution is -2.54. The van der Waals surface area contributed by atoms with E-state index in [9.17, 15) is 9.18 Å². The van der Waals surface area contributed by atoms with E-state index in [0.717, 1.165) is 5.56 Å². The van der Waals surface area contributed by atoms with Crippen LogP contribution in [0.3, 0.4) is 0 Å². The highest BCUT2D eigenvalue weighted by Crippen LogP contribution is 2.23. The van der Waals surface area contributed by atoms with Crippen LogP contribution in [0.5, 0.6) is 0 Å². The Balaban J connectivity index is 2.28. The van der Waals surface area contributed by atoms with Crippen molar-refractivity contribution in [2.45, 2.75) is 26.3 Å². The predicted molar refractivity (Wildman–Crippen MR) is 71.9 cm³/mol. The summed E-state index contributed by atoms with van der Waals surface area (Å²) < 4.78 is 19.1. The Labute approximate surface area is 113 Å². The van der Waals surface area contributed by atoms with Crippen molar-refractivity contribution in [3.63, 3.8) is 0 Å². The zero-order valence-corrected chi connectivity index (χ0v) is 11.7. The molecule has 1 aliphatic heterocycles. The molecule has 0 saturated carbocycles. The molecular formula is C15H20FNO2. The maximum absolute atomic E-state index is 13.9. The van der Waals surface area contributed by atoms with Gasteiger partial charge in [-0.15, -0.1) is 0 Å². The third kappa shape index (κ3) is 2.85. The smallest absolute Gasteiger partial charge is 0.185 e. The number of hydrogen-bond acceptors (Lipinski definition) is 3. The minimum Gasteiger partial charge on any atom is -0.379 e. The summed E-state index contributed by atoms with van der Waals surface area (Å²) in [6.45, 7) is 8.20. The Morgan fingerprint density at radius 1 is 1.32 bits per heavy atom. The van der Waals surface area contributed by atoms with Gasteiger partial charge in [0.1, 0.15) is 5.82 Å². The molecule has 0 spiro atoms. The van der Waals surface area contributed by atoms with Crippen molar-refractivity contribution in [2.75, 3.05) is 26.3 Å². The van der Waals surface area contributed by atoms with Gasteiger partial charge in [-0.05, 0) is 32.9 Å². The van der Waals surface area contributed by atoms with E-state index >= 15 is 0 Å². The lowest BCUT2D eigenvalue weighted by molar-refractivity contribution is -0.00443. The summed E-state index contributed by atoms with van der Waals surface area (Å²) in [6.07, 6.45) is 0. The highest BCUT2D eigenvalue weighted by atomic mass is 19.1. The molecule has 2 rings (SSSR count). The van der Waals surface area contributed by atoms with Gasteiger partial charge in [0.15, 0.2) is 5.78 Å². The topological polar surface area (TPSA) is 29.5 Å². The zero-order chi connectivity index (χ0) is 14.0. The molecule has 1 fully saturated rings. The molecule has 0 bridgehead atoms. The lowest BCUT2D eigenvalue weighted by Gasteiger charge is -2.39. The van der Waals surface area contributed by atoms with Crippen molar-refractivity contribution in [3.05, 3.63) is 35.1 Å². The molecule has 1 aromatic carbocycles. The van der Waals surface area contributed by atoms with E-state index in [1.165, 1.54) is 6.07 Å². The Morgan fingerprint density at radius 3 is 2.58 bits per heavy atom. The molecule has 1 aliphatic rings. The molecule has 0 atom stereocenters. The summed E-state index contributed by atoms with van der Waals surface area (Å²) in [5.41, 5.74) is 0.359. The van der Waals surface area contributed by atoms with Crippen LogP contribution < -0.4 is 0 Å². The number of ketones is 1. The van der Waals surface area contributed by atoms with Crippen LogP contribution >= 0.6 is 0 Å². The second-order valence-corrected chi connectivity index (χ2v) is 5.47. The van der Waals surface area contributed by atoms with Gasteiger partial charge in [-0.1, -0.05) is 11.6 Å². The largest absolute Gasteiger partial charge is 0.379 e. The van der Waals surface area contributed by atoms with Crippen LogP contribution in [0, 0.1) is 12.7 Å². The van der Waals surface area contributed by atoms with Crippen LogP contribution in [-0.2, 0) is 4.74 Å². The van der Waals surface area contributed by atoms with E-state index in [4.69, 9.17) is 4.74 Å². The number of benzene rings is 1. The fraction of sp³-hybridized carbons (Fsp3) is 0.533. The van der Waals surface area contributed by atoms with Crippen molar-refractivity contribution in [1.29, 1.82) is 0 Å². The number of carbonyl (C=O) groups excluding carboxylic acids is 1. The van der Waals surface area contributed by atoms with Gasteiger partial charge in [0, 0.05) is 13.1 Å². The second-order valence-electron chi connectivity index (χ2n) is 5.47. The number of hydrogen-bond donors (Lipinski definition) is 0. The van der Waals surface area contributed by atoms with E-state index in [2.05, 4.69) is 4.90 Å². The van der Waals surface area contributed by atoms with Gasteiger partial charge < -0.3 is 4.74 Å². The number of rotatable bonds is 3. The average Bonchev–Trinajstić information content (AvgIpc) is 2.41. The van der Waals surface area contributed by atoms with Gasteiger partial charge in [0.25, 0.3) is 0 Å². The summed E-state index contributed by atoms with van der Waals surface area (Å²) in [7, 11) is 0. The highest BCUT2D eigenvalue weighted by molar-refractivity contribution is 6.03. The minimum atomic E-state index is -0.710. The van der Waals surface area contributed by atoms with Crippen LogP contribution in [0.2, 0.25) is 0 Å². The third-order valence-electron chi connectivity index (χ3n) is 3.72. The van der Waals surface area contributed by atoms with Crippen LogP contribution in [0.4, 0.5) is 4.39 Å². The number of morpholine rings is 1. The van der Waals surface area contributed by atoms with Gasteiger partial charge >= 0.3 is 0 Å². The zero-order valence-electron chi connectivity index (χ0n) is 11.7. The van der Waals surface area contributed by atoms with Crippen molar-refractivity contribution < 1.29 is 13.9 Å². The number of nitrogens with zero attached hydrogens (tertiary/aromatic N) is 1. The molecular weight excluding hydrogens is 245 g/mol. The van der Waals surface area contributed by atoms with Gasteiger partial charge in [0.2, 0.25) is 0 Å². The quantitative estimate of drug-likeness (QED) is 0.786. The number of aryl methyl sites for hydroxylation is 1. The van der Waals surface area contributed by atoms with E-state index in [1.807, 2.05) is 20.8 Å². The molecule has 1 saturated heterocycles. The summed E-state index contributed by atoms with van der Waals surface area (Å²) in [6, 6.07) is 4.66. The molecule has 0 unspecified atom stereocenters. The number of carbonyl (C=O) groups is 1. The van der Waals surface area contributed by atoms with Gasteiger partial charge in [-0.3, -0.25) is 9.69 Å². The summed E-state index contributed by atoms with van der Waals surface area (Å²) in [5, 5.41) is 0. The van der Waals surface area contributed by atoms with Crippen LogP contribution in [0.25, 0.3) is 0 Å². The Hall–Kier alpha value is -1.26. The standard InChI is InChI=1S/C15H20FNO2/c1-11-4-5-13(16)12(10-11)14(18)15(2,3)17-6-8-19-9-7-17/h4-5,10H,6-9H2,1-3H3. The molecule has 1 heterocycles. The number of halogens is 1. The first-order valence-corrected chi connectivity index (χ1v) is 6.56. The maximum Gasteiger partial charge on any atom is 0.185 e. The van der Waals surface area contributed by atoms with Crippen LogP contribution in [0.1, 0.15) is 29.8 Å². The molecule has 0 radical (unpaired) electrons. The fourth-order valence-corrected chi connectivity index (χ4v) is 2.41. The van der Waals surface area contributed by atoms with E-state index in [0.29, 0.717) is 26.3 Å². The summed E-state index contributed by atoms with van der Waals surface area (Å²) in [4.78, 5) is 14.7. The first-order chi connectivity index (χ1) is 8.93. The normalized spacial score (nSPS) is 17.5. The maximum atomic E-state index is 13.9. The molecule has 19 heavy (non-hydrogen) atoms.